The summed E-state index contributed by atoms with van der Waals surface area (Å²) in [7, 11) is 0. The van der Waals surface area contributed by atoms with Gasteiger partial charge in [0.1, 0.15) is 35.1 Å². The number of phenolic OH excluding ortho intramolecular Hbond substituents is 1. The fourth-order valence-electron chi connectivity index (χ4n) is 4.54. The zero-order valence-electron chi connectivity index (χ0n) is 19.8. The van der Waals surface area contributed by atoms with Crippen molar-refractivity contribution in [3.8, 4) is 16.3 Å². The maximum absolute atomic E-state index is 13.7. The Labute approximate surface area is 232 Å². The number of likely N-dealkylation sites (tertiary alicyclic amines) is 1. The third-order valence-corrected chi connectivity index (χ3v) is 7.14. The molecule has 2 N–H and O–H groups in total. The number of hydrogen-bond acceptors (Lipinski definition) is 8. The number of aromatic hydroxyl groups is 1. The number of hydrogen-bond donors (Lipinski definition) is 2. The van der Waals surface area contributed by atoms with E-state index in [9.17, 15) is 19.5 Å². The Hall–Kier alpha value is -2.93. The van der Waals surface area contributed by atoms with Crippen LogP contribution in [0.2, 0.25) is 0 Å². The third kappa shape index (κ3) is 6.32. The average molecular weight is 561 g/mol. The molecule has 2 saturated heterocycles. The number of pyridine rings is 1. The normalized spacial score (nSPS) is 19.2. The first-order valence-electron chi connectivity index (χ1n) is 11.4. The van der Waals surface area contributed by atoms with Gasteiger partial charge in [-0.2, -0.15) is 27.0 Å². The van der Waals surface area contributed by atoms with Crippen molar-refractivity contribution in [2.24, 2.45) is 0 Å². The first-order valence-corrected chi connectivity index (χ1v) is 12.3. The number of benzene rings is 1. The van der Waals surface area contributed by atoms with Gasteiger partial charge in [-0.1, -0.05) is 12.1 Å². The fraction of sp³-hybridized carbons (Fsp3) is 0.320. The number of piperidine rings is 1. The van der Waals surface area contributed by atoms with E-state index in [1.807, 2.05) is 6.07 Å². The van der Waals surface area contributed by atoms with Crippen molar-refractivity contribution in [2.75, 3.05) is 13.2 Å². The number of carbonyl (C=O) groups excluding carboxylic acids is 3. The van der Waals surface area contributed by atoms with E-state index in [0.717, 1.165) is 24.0 Å². The molecular weight excluding hydrogens is 532 g/mol. The summed E-state index contributed by atoms with van der Waals surface area (Å²) in [6, 6.07) is 8.59. The molecule has 2 amide bonds. The number of nitrogens with one attached hydrogen (secondary N) is 1. The summed E-state index contributed by atoms with van der Waals surface area (Å²) in [4.78, 5) is 49.4. The van der Waals surface area contributed by atoms with Crippen LogP contribution in [-0.2, 0) is 20.7 Å². The monoisotopic (exact) mass is 560 g/mol. The topological polar surface area (TPSA) is 122 Å². The van der Waals surface area contributed by atoms with Crippen LogP contribution in [-0.4, -0.2) is 68.9 Å². The van der Waals surface area contributed by atoms with Gasteiger partial charge in [0.05, 0.1) is 6.10 Å². The number of rotatable bonds is 6. The third-order valence-electron chi connectivity index (χ3n) is 6.25. The lowest BCUT2D eigenvalue weighted by Gasteiger charge is -2.37. The van der Waals surface area contributed by atoms with Crippen LogP contribution in [0.15, 0.2) is 54.2 Å². The highest BCUT2D eigenvalue weighted by Crippen LogP contribution is 2.28. The molecule has 3 aromatic rings. The second kappa shape index (κ2) is 12.5. The molecule has 2 aliphatic heterocycles. The zero-order chi connectivity index (χ0) is 24.4. The van der Waals surface area contributed by atoms with E-state index in [1.54, 1.807) is 40.9 Å². The maximum atomic E-state index is 13.7. The molecule has 4 heterocycles. The summed E-state index contributed by atoms with van der Waals surface area (Å²) in [6.45, 7) is 0.433. The standard InChI is InChI=1S/C25H24N4O5S.2H2S/c30-17-7-5-15(6-8-17)11-18(25(33)29-10-2-4-21-22(29)20(31)13-34-21)27-23(32)19-14-35-24(28-19)16-3-1-9-26-12-16;;/h1,3,5-9,12,14,18,21-22,30H,2,4,10-11,13H2,(H,27,32);2*1H2/t18-,21+,22+;;/m0../s1. The first-order chi connectivity index (χ1) is 17.0. The lowest BCUT2D eigenvalue weighted by atomic mass is 9.95. The Morgan fingerprint density at radius 1 is 1.22 bits per heavy atom. The largest absolute Gasteiger partial charge is 0.508 e. The molecule has 9 nitrogen and oxygen atoms in total. The number of ketones is 1. The van der Waals surface area contributed by atoms with Crippen molar-refractivity contribution >= 4 is 55.9 Å². The molecule has 37 heavy (non-hydrogen) atoms. The minimum atomic E-state index is -0.914. The van der Waals surface area contributed by atoms with Crippen molar-refractivity contribution < 1.29 is 24.2 Å². The van der Waals surface area contributed by atoms with Gasteiger partial charge in [-0.15, -0.1) is 11.3 Å². The molecule has 1 aromatic carbocycles. The minimum absolute atomic E-state index is 0. The van der Waals surface area contributed by atoms with Crippen molar-refractivity contribution in [3.63, 3.8) is 0 Å². The average Bonchev–Trinajstić information content (AvgIpc) is 3.53. The van der Waals surface area contributed by atoms with E-state index in [4.69, 9.17) is 4.74 Å². The molecule has 3 atom stereocenters. The van der Waals surface area contributed by atoms with Gasteiger partial charge in [0.25, 0.3) is 5.91 Å². The number of fused-ring (bicyclic) bond motifs is 1. The molecule has 0 spiro atoms. The molecule has 0 bridgehead atoms. The highest BCUT2D eigenvalue weighted by Gasteiger charge is 2.45. The Balaban J connectivity index is 0.00000190. The van der Waals surface area contributed by atoms with Gasteiger partial charge in [-0.3, -0.25) is 19.4 Å². The molecule has 0 saturated carbocycles. The number of amides is 2. The zero-order valence-corrected chi connectivity index (χ0v) is 22.6. The molecule has 2 aliphatic rings. The second-order valence-electron chi connectivity index (χ2n) is 8.61. The van der Waals surface area contributed by atoms with Crippen molar-refractivity contribution in [1.29, 1.82) is 0 Å². The van der Waals surface area contributed by atoms with Crippen LogP contribution in [0.1, 0.15) is 28.9 Å². The van der Waals surface area contributed by atoms with Crippen LogP contribution in [0.5, 0.6) is 5.75 Å². The summed E-state index contributed by atoms with van der Waals surface area (Å²) in [5.41, 5.74) is 1.76. The highest BCUT2D eigenvalue weighted by atomic mass is 32.1. The summed E-state index contributed by atoms with van der Waals surface area (Å²) < 4.78 is 5.58. The summed E-state index contributed by atoms with van der Waals surface area (Å²) in [5, 5.41) is 14.7. The van der Waals surface area contributed by atoms with Gasteiger partial charge < -0.3 is 20.1 Å². The van der Waals surface area contributed by atoms with Crippen molar-refractivity contribution in [2.45, 2.75) is 37.5 Å². The van der Waals surface area contributed by atoms with E-state index in [1.165, 1.54) is 23.5 Å². The lowest BCUT2D eigenvalue weighted by molar-refractivity contribution is -0.142. The second-order valence-corrected chi connectivity index (χ2v) is 9.47. The summed E-state index contributed by atoms with van der Waals surface area (Å²) in [6.07, 6.45) is 4.69. The van der Waals surface area contributed by atoms with Crippen molar-refractivity contribution in [1.82, 2.24) is 20.2 Å². The first kappa shape index (κ1) is 28.6. The van der Waals surface area contributed by atoms with Crippen LogP contribution < -0.4 is 5.32 Å². The molecular formula is C25H28N4O5S3. The van der Waals surface area contributed by atoms with Gasteiger partial charge in [-0.05, 0) is 42.7 Å². The molecule has 12 heteroatoms. The highest BCUT2D eigenvalue weighted by molar-refractivity contribution is 7.59. The van der Waals surface area contributed by atoms with Gasteiger partial charge in [0, 0.05) is 36.3 Å². The Morgan fingerprint density at radius 2 is 2.00 bits per heavy atom. The number of nitrogens with zero attached hydrogens (tertiary/aromatic N) is 3. The van der Waals surface area contributed by atoms with Gasteiger partial charge in [0.2, 0.25) is 5.91 Å². The number of carbonyl (C=O) groups is 3. The van der Waals surface area contributed by atoms with E-state index in [2.05, 4.69) is 15.3 Å². The number of phenols is 1. The minimum Gasteiger partial charge on any atom is -0.508 e. The molecule has 0 radical (unpaired) electrons. The van der Waals surface area contributed by atoms with Crippen LogP contribution in [0.4, 0.5) is 0 Å². The fourth-order valence-corrected chi connectivity index (χ4v) is 5.33. The van der Waals surface area contributed by atoms with E-state index in [0.29, 0.717) is 11.6 Å². The van der Waals surface area contributed by atoms with Crippen LogP contribution in [0, 0.1) is 0 Å². The Bertz CT molecular complexity index is 1240. The van der Waals surface area contributed by atoms with Gasteiger partial charge in [-0.25, -0.2) is 4.98 Å². The maximum Gasteiger partial charge on any atom is 0.271 e. The smallest absolute Gasteiger partial charge is 0.271 e. The van der Waals surface area contributed by atoms with Gasteiger partial charge >= 0.3 is 0 Å². The SMILES string of the molecule is O=C(N[C@@H](Cc1ccc(O)cc1)C(=O)N1CCC[C@H]2OCC(=O)[C@H]21)c1csc(-c2cccnc2)n1.S.S. The number of thiazole rings is 1. The van der Waals surface area contributed by atoms with Crippen LogP contribution in [0.3, 0.4) is 0 Å². The lowest BCUT2D eigenvalue weighted by Crippen LogP contribution is -2.58. The Kier molecular flexibility index (Phi) is 9.71. The predicted octanol–water partition coefficient (Wildman–Crippen LogP) is 2.44. The van der Waals surface area contributed by atoms with E-state index in [-0.39, 0.29) is 69.3 Å². The molecule has 5 rings (SSSR count). The summed E-state index contributed by atoms with van der Waals surface area (Å²) in [5.74, 6) is -0.809. The van der Waals surface area contributed by atoms with Crippen LogP contribution in [0.25, 0.3) is 10.6 Å². The number of Topliss-reactive ketones (excluding diaryl/α,β-unsaturated/α-hetero) is 1. The Morgan fingerprint density at radius 3 is 2.73 bits per heavy atom. The summed E-state index contributed by atoms with van der Waals surface area (Å²) >= 11 is 1.32. The molecule has 0 unspecified atom stereocenters. The predicted molar refractivity (Wildman–Crippen MR) is 149 cm³/mol. The number of aromatic nitrogens is 2. The molecule has 2 aromatic heterocycles. The van der Waals surface area contributed by atoms with E-state index < -0.39 is 18.0 Å². The molecule has 196 valence electrons. The van der Waals surface area contributed by atoms with Crippen molar-refractivity contribution in [3.05, 3.63) is 65.4 Å². The van der Waals surface area contributed by atoms with Crippen LogP contribution >= 0.6 is 38.3 Å². The quantitative estimate of drug-likeness (QED) is 0.475. The number of ether oxygens (including phenoxy) is 1. The molecule has 0 aliphatic carbocycles. The van der Waals surface area contributed by atoms with E-state index >= 15 is 0 Å². The van der Waals surface area contributed by atoms with Gasteiger partial charge in [0.15, 0.2) is 5.78 Å². The molecule has 2 fully saturated rings.